The van der Waals surface area contributed by atoms with Gasteiger partial charge in [-0.3, -0.25) is 0 Å². The van der Waals surface area contributed by atoms with E-state index >= 15 is 0 Å². The largest absolute Gasteiger partial charge is 0.243 e. The zero-order valence-electron chi connectivity index (χ0n) is 16.0. The number of primary sulfonamides is 1. The summed E-state index contributed by atoms with van der Waals surface area (Å²) in [6, 6.07) is 12.4. The summed E-state index contributed by atoms with van der Waals surface area (Å²) in [5.41, 5.74) is 1.77. The van der Waals surface area contributed by atoms with Gasteiger partial charge in [0.1, 0.15) is 0 Å². The molecule has 27 heavy (non-hydrogen) atoms. The maximum absolute atomic E-state index is 12.9. The first-order valence-electron chi connectivity index (χ1n) is 8.69. The van der Waals surface area contributed by atoms with Crippen LogP contribution in [0, 0.1) is 0 Å². The van der Waals surface area contributed by atoms with Crippen molar-refractivity contribution in [1.29, 1.82) is 0 Å². The molecule has 0 saturated carbocycles. The number of sulfonamides is 2. The molecule has 0 spiro atoms. The summed E-state index contributed by atoms with van der Waals surface area (Å²) in [5, 5.41) is 5.10. The van der Waals surface area contributed by atoms with Crippen molar-refractivity contribution in [2.75, 3.05) is 7.05 Å². The van der Waals surface area contributed by atoms with Crippen LogP contribution >= 0.6 is 0 Å². The minimum atomic E-state index is -3.78. The lowest BCUT2D eigenvalue weighted by Crippen LogP contribution is -2.29. The highest BCUT2D eigenvalue weighted by Crippen LogP contribution is 2.27. The highest BCUT2D eigenvalue weighted by molar-refractivity contribution is 7.89. The number of hydrogen-bond acceptors (Lipinski definition) is 4. The van der Waals surface area contributed by atoms with Crippen molar-refractivity contribution >= 4 is 20.0 Å². The Morgan fingerprint density at radius 1 is 0.852 bits per heavy atom. The summed E-state index contributed by atoms with van der Waals surface area (Å²) >= 11 is 0. The zero-order chi connectivity index (χ0) is 20.4. The van der Waals surface area contributed by atoms with Crippen molar-refractivity contribution in [2.45, 2.75) is 48.9 Å². The maximum Gasteiger partial charge on any atom is 0.243 e. The lowest BCUT2D eigenvalue weighted by atomic mass is 9.99. The van der Waals surface area contributed by atoms with Gasteiger partial charge >= 0.3 is 0 Å². The number of hydrogen-bond donors (Lipinski definition) is 1. The molecule has 148 valence electrons. The minimum Gasteiger partial charge on any atom is -0.225 e. The summed E-state index contributed by atoms with van der Waals surface area (Å²) in [6.45, 7) is 5.94. The van der Waals surface area contributed by atoms with Gasteiger partial charge < -0.3 is 0 Å². The Kier molecular flexibility index (Phi) is 6.47. The van der Waals surface area contributed by atoms with E-state index in [9.17, 15) is 16.8 Å². The van der Waals surface area contributed by atoms with Gasteiger partial charge in [0.25, 0.3) is 0 Å². The lowest BCUT2D eigenvalue weighted by Gasteiger charge is -2.25. The van der Waals surface area contributed by atoms with Gasteiger partial charge in [-0.1, -0.05) is 38.1 Å². The summed E-state index contributed by atoms with van der Waals surface area (Å²) in [5.74, 6) is 0.371. The van der Waals surface area contributed by atoms with E-state index in [0.29, 0.717) is 11.5 Å². The fraction of sp³-hybridized carbons (Fsp3) is 0.368. The monoisotopic (exact) mass is 410 g/mol. The van der Waals surface area contributed by atoms with Crippen LogP contribution in [0.4, 0.5) is 0 Å². The number of nitrogens with two attached hydrogens (primary N) is 1. The van der Waals surface area contributed by atoms with E-state index in [1.807, 2.05) is 12.1 Å². The summed E-state index contributed by atoms with van der Waals surface area (Å²) < 4.78 is 49.9. The van der Waals surface area contributed by atoms with Gasteiger partial charge in [-0.25, -0.2) is 22.0 Å². The summed E-state index contributed by atoms with van der Waals surface area (Å²) in [6.07, 6.45) is 0.984. The molecule has 0 radical (unpaired) electrons. The molecule has 2 rings (SSSR count). The molecule has 0 aromatic heterocycles. The molecule has 0 heterocycles. The molecular formula is C19H26N2O4S2. The second-order valence-electron chi connectivity index (χ2n) is 6.69. The Hall–Kier alpha value is -1.74. The van der Waals surface area contributed by atoms with Crippen LogP contribution in [0.25, 0.3) is 0 Å². The van der Waals surface area contributed by atoms with Crippen LogP contribution in [-0.2, 0) is 20.0 Å². The van der Waals surface area contributed by atoms with E-state index < -0.39 is 26.1 Å². The molecule has 2 aromatic rings. The lowest BCUT2D eigenvalue weighted by molar-refractivity contribution is 0.398. The highest BCUT2D eigenvalue weighted by atomic mass is 32.2. The van der Waals surface area contributed by atoms with Crippen LogP contribution in [0.3, 0.4) is 0 Å². The van der Waals surface area contributed by atoms with Crippen LogP contribution in [-0.4, -0.2) is 28.2 Å². The molecule has 0 aliphatic rings. The normalized spacial score (nSPS) is 14.9. The van der Waals surface area contributed by atoms with E-state index in [2.05, 4.69) is 13.8 Å². The van der Waals surface area contributed by atoms with Crippen molar-refractivity contribution in [3.05, 3.63) is 59.7 Å². The molecule has 0 amide bonds. The molecule has 8 heteroatoms. The molecule has 2 unspecified atom stereocenters. The maximum atomic E-state index is 12.9. The third-order valence-electron chi connectivity index (χ3n) is 4.97. The topological polar surface area (TPSA) is 97.5 Å². The smallest absolute Gasteiger partial charge is 0.225 e. The van der Waals surface area contributed by atoms with Crippen molar-refractivity contribution in [3.63, 3.8) is 0 Å². The fourth-order valence-corrected chi connectivity index (χ4v) is 4.59. The second-order valence-corrected chi connectivity index (χ2v) is 10.2. The van der Waals surface area contributed by atoms with Gasteiger partial charge in [0.2, 0.25) is 20.0 Å². The number of nitrogens with zero attached hydrogens (tertiary/aromatic N) is 1. The Labute approximate surface area is 162 Å². The third-order valence-corrected chi connectivity index (χ3v) is 7.85. The van der Waals surface area contributed by atoms with Gasteiger partial charge in [-0.2, -0.15) is 4.31 Å². The Morgan fingerprint density at radius 3 is 1.74 bits per heavy atom. The van der Waals surface area contributed by atoms with E-state index in [0.717, 1.165) is 12.0 Å². The molecule has 0 saturated heterocycles. The van der Waals surface area contributed by atoms with Crippen molar-refractivity contribution in [3.8, 4) is 0 Å². The van der Waals surface area contributed by atoms with Crippen LogP contribution in [0.2, 0.25) is 0 Å². The SMILES string of the molecule is CCC(C)c1ccc(S(=O)(=O)N(C)C(C)c2ccc(S(N)(=O)=O)cc2)cc1. The second kappa shape index (κ2) is 8.10. The van der Waals surface area contributed by atoms with Crippen LogP contribution in [0.15, 0.2) is 58.3 Å². The average molecular weight is 411 g/mol. The Balaban J connectivity index is 2.27. The molecule has 0 aliphatic heterocycles. The van der Waals surface area contributed by atoms with Gasteiger partial charge in [0.15, 0.2) is 0 Å². The first kappa shape index (κ1) is 21.6. The summed E-state index contributed by atoms with van der Waals surface area (Å²) in [7, 11) is -5.96. The molecule has 2 aromatic carbocycles. The highest BCUT2D eigenvalue weighted by Gasteiger charge is 2.26. The molecule has 0 aliphatic carbocycles. The van der Waals surface area contributed by atoms with Crippen LogP contribution in [0.5, 0.6) is 0 Å². The molecule has 2 N–H and O–H groups in total. The molecule has 0 bridgehead atoms. The van der Waals surface area contributed by atoms with Crippen LogP contribution < -0.4 is 5.14 Å². The quantitative estimate of drug-likeness (QED) is 0.758. The molecular weight excluding hydrogens is 384 g/mol. The predicted molar refractivity (Wildman–Crippen MR) is 106 cm³/mol. The molecule has 0 fully saturated rings. The number of rotatable bonds is 7. The average Bonchev–Trinajstić information content (AvgIpc) is 2.65. The summed E-state index contributed by atoms with van der Waals surface area (Å²) in [4.78, 5) is 0.217. The standard InChI is InChI=1S/C19H26N2O4S2/c1-5-14(2)16-6-12-19(13-7-16)27(24,25)21(4)15(3)17-8-10-18(11-9-17)26(20,22)23/h6-15H,5H2,1-4H3,(H2,20,22,23). The molecule has 2 atom stereocenters. The van der Waals surface area contributed by atoms with Crippen LogP contribution in [0.1, 0.15) is 50.3 Å². The minimum absolute atomic E-state index is 0.00964. The van der Waals surface area contributed by atoms with Gasteiger partial charge in [-0.15, -0.1) is 0 Å². The van der Waals surface area contributed by atoms with E-state index in [1.54, 1.807) is 31.2 Å². The van der Waals surface area contributed by atoms with Crippen molar-refractivity contribution < 1.29 is 16.8 Å². The van der Waals surface area contributed by atoms with Crippen molar-refractivity contribution in [2.24, 2.45) is 5.14 Å². The Morgan fingerprint density at radius 2 is 1.30 bits per heavy atom. The number of benzene rings is 2. The predicted octanol–water partition coefficient (Wildman–Crippen LogP) is 3.23. The first-order chi connectivity index (χ1) is 12.5. The third kappa shape index (κ3) is 4.76. The zero-order valence-corrected chi connectivity index (χ0v) is 17.6. The van der Waals surface area contributed by atoms with Gasteiger partial charge in [0.05, 0.1) is 9.79 Å². The molecule has 6 nitrogen and oxygen atoms in total. The van der Waals surface area contributed by atoms with E-state index in [4.69, 9.17) is 5.14 Å². The van der Waals surface area contributed by atoms with Gasteiger partial charge in [-0.05, 0) is 54.7 Å². The van der Waals surface area contributed by atoms with E-state index in [1.165, 1.54) is 23.5 Å². The van der Waals surface area contributed by atoms with Gasteiger partial charge in [0, 0.05) is 13.1 Å². The van der Waals surface area contributed by atoms with E-state index in [-0.39, 0.29) is 9.79 Å². The fourth-order valence-electron chi connectivity index (χ4n) is 2.72. The Bertz CT molecular complexity index is 983. The first-order valence-corrected chi connectivity index (χ1v) is 11.7. The van der Waals surface area contributed by atoms with Crippen molar-refractivity contribution in [1.82, 2.24) is 4.31 Å².